The maximum atomic E-state index is 7.63. The predicted octanol–water partition coefficient (Wildman–Crippen LogP) is 1.92. The number of hydrogen-bond donors (Lipinski definition) is 5. The SMILES string of the molecule is CCCc1nc(N/C(C=N)=C(\Cl)NC2CNCCO2)nc2[nH]ccc12. The van der Waals surface area contributed by atoms with E-state index < -0.39 is 0 Å². The number of rotatable bonds is 7. The molecule has 2 aromatic heterocycles. The van der Waals surface area contributed by atoms with Gasteiger partial charge in [0.1, 0.15) is 17.0 Å². The first kappa shape index (κ1) is 17.7. The van der Waals surface area contributed by atoms with Crippen LogP contribution in [0, 0.1) is 5.41 Å². The maximum absolute atomic E-state index is 7.63. The third-order valence-electron chi connectivity index (χ3n) is 3.82. The van der Waals surface area contributed by atoms with E-state index in [1.165, 1.54) is 0 Å². The van der Waals surface area contributed by atoms with Gasteiger partial charge in [0.05, 0.1) is 18.0 Å². The monoisotopic (exact) mass is 363 g/mol. The average Bonchev–Trinajstić information content (AvgIpc) is 3.09. The molecule has 25 heavy (non-hydrogen) atoms. The summed E-state index contributed by atoms with van der Waals surface area (Å²) >= 11 is 6.31. The number of fused-ring (bicyclic) bond motifs is 1. The Morgan fingerprint density at radius 3 is 3.12 bits per heavy atom. The second kappa shape index (κ2) is 8.28. The van der Waals surface area contributed by atoms with Gasteiger partial charge in [0.25, 0.3) is 0 Å². The first-order chi connectivity index (χ1) is 12.2. The van der Waals surface area contributed by atoms with Crippen LogP contribution in [0.15, 0.2) is 23.1 Å². The van der Waals surface area contributed by atoms with Crippen molar-refractivity contribution < 1.29 is 4.74 Å². The molecule has 2 aromatic rings. The fourth-order valence-electron chi connectivity index (χ4n) is 2.64. The van der Waals surface area contributed by atoms with Crippen molar-refractivity contribution in [1.29, 1.82) is 5.41 Å². The first-order valence-electron chi connectivity index (χ1n) is 8.31. The molecule has 0 saturated carbocycles. The van der Waals surface area contributed by atoms with Crippen molar-refractivity contribution in [2.75, 3.05) is 25.0 Å². The average molecular weight is 364 g/mol. The zero-order valence-electron chi connectivity index (χ0n) is 14.0. The van der Waals surface area contributed by atoms with Gasteiger partial charge in [-0.15, -0.1) is 0 Å². The van der Waals surface area contributed by atoms with Gasteiger partial charge in [-0.1, -0.05) is 24.9 Å². The van der Waals surface area contributed by atoms with Gasteiger partial charge in [-0.25, -0.2) is 4.98 Å². The van der Waals surface area contributed by atoms with E-state index in [9.17, 15) is 0 Å². The van der Waals surface area contributed by atoms with E-state index >= 15 is 0 Å². The lowest BCUT2D eigenvalue weighted by atomic mass is 10.2. The second-order valence-corrected chi connectivity index (χ2v) is 6.07. The topological polar surface area (TPSA) is 111 Å². The lowest BCUT2D eigenvalue weighted by molar-refractivity contribution is 0.0148. The van der Waals surface area contributed by atoms with Gasteiger partial charge in [-0.05, 0) is 12.5 Å². The van der Waals surface area contributed by atoms with E-state index in [1.807, 2.05) is 12.3 Å². The summed E-state index contributed by atoms with van der Waals surface area (Å²) < 4.78 is 5.56. The summed E-state index contributed by atoms with van der Waals surface area (Å²) in [6.07, 6.45) is 4.58. The molecule has 0 aliphatic carbocycles. The number of allylic oxidation sites excluding steroid dienone is 1. The summed E-state index contributed by atoms with van der Waals surface area (Å²) in [6.45, 7) is 4.18. The highest BCUT2D eigenvalue weighted by Gasteiger charge is 2.16. The molecule has 1 unspecified atom stereocenters. The van der Waals surface area contributed by atoms with Crippen molar-refractivity contribution in [3.63, 3.8) is 0 Å². The van der Waals surface area contributed by atoms with Gasteiger partial charge < -0.3 is 31.1 Å². The zero-order valence-corrected chi connectivity index (χ0v) is 14.8. The van der Waals surface area contributed by atoms with Crippen LogP contribution in [-0.4, -0.2) is 47.1 Å². The summed E-state index contributed by atoms with van der Waals surface area (Å²) in [6, 6.07) is 1.97. The molecule has 0 aromatic carbocycles. The quantitative estimate of drug-likeness (QED) is 0.379. The second-order valence-electron chi connectivity index (χ2n) is 5.69. The van der Waals surface area contributed by atoms with Gasteiger partial charge in [-0.3, -0.25) is 0 Å². The molecule has 1 aliphatic rings. The number of nitrogens with one attached hydrogen (secondary N) is 5. The highest BCUT2D eigenvalue weighted by molar-refractivity contribution is 6.31. The highest BCUT2D eigenvalue weighted by Crippen LogP contribution is 2.19. The molecule has 0 spiro atoms. The lowest BCUT2D eigenvalue weighted by Crippen LogP contribution is -2.46. The summed E-state index contributed by atoms with van der Waals surface area (Å²) in [5.41, 5.74) is 2.10. The number of aromatic amines is 1. The third kappa shape index (κ3) is 4.28. The molecule has 1 atom stereocenters. The molecule has 5 N–H and O–H groups in total. The Hall–Kier alpha value is -2.16. The largest absolute Gasteiger partial charge is 0.356 e. The van der Waals surface area contributed by atoms with Crippen LogP contribution in [0.5, 0.6) is 0 Å². The van der Waals surface area contributed by atoms with Crippen LogP contribution in [0.1, 0.15) is 19.0 Å². The van der Waals surface area contributed by atoms with Crippen LogP contribution < -0.4 is 16.0 Å². The van der Waals surface area contributed by atoms with Gasteiger partial charge in [0.15, 0.2) is 0 Å². The van der Waals surface area contributed by atoms with E-state index in [0.717, 1.165) is 42.3 Å². The van der Waals surface area contributed by atoms with Crippen molar-refractivity contribution >= 4 is 34.8 Å². The van der Waals surface area contributed by atoms with E-state index in [-0.39, 0.29) is 11.4 Å². The Labute approximate surface area is 150 Å². The van der Waals surface area contributed by atoms with E-state index in [2.05, 4.69) is 37.8 Å². The predicted molar refractivity (Wildman–Crippen MR) is 98.9 cm³/mol. The minimum atomic E-state index is -0.236. The standard InChI is InChI=1S/C16H22ClN7O/c1-2-3-11-10-4-5-20-15(10)24-16(21-11)22-12(8-18)14(17)23-13-9-19-6-7-25-13/h4-5,8,13,18-19,23H,2-3,6-7,9H2,1H3,(H2,20,21,22,24)/b14-12+,18-8?. The fourth-order valence-corrected chi connectivity index (χ4v) is 2.86. The number of ether oxygens (including phenoxy) is 1. The number of aromatic nitrogens is 3. The summed E-state index contributed by atoms with van der Waals surface area (Å²) in [7, 11) is 0. The van der Waals surface area contributed by atoms with E-state index in [1.54, 1.807) is 0 Å². The fraction of sp³-hybridized carbons (Fsp3) is 0.438. The number of morpholine rings is 1. The molecule has 3 heterocycles. The molecule has 0 bridgehead atoms. The molecule has 0 radical (unpaired) electrons. The van der Waals surface area contributed by atoms with Crippen LogP contribution in [0.3, 0.4) is 0 Å². The van der Waals surface area contributed by atoms with Crippen LogP contribution in [0.2, 0.25) is 0 Å². The van der Waals surface area contributed by atoms with Crippen molar-refractivity contribution in [1.82, 2.24) is 25.6 Å². The molecular weight excluding hydrogens is 342 g/mol. The lowest BCUT2D eigenvalue weighted by Gasteiger charge is -2.25. The Balaban J connectivity index is 1.81. The molecule has 0 amide bonds. The number of aryl methyl sites for hydroxylation is 1. The Kier molecular flexibility index (Phi) is 5.85. The van der Waals surface area contributed by atoms with Gasteiger partial charge in [0, 0.05) is 30.9 Å². The molecule has 1 saturated heterocycles. The maximum Gasteiger partial charge on any atom is 0.229 e. The van der Waals surface area contributed by atoms with Crippen molar-refractivity contribution in [3.05, 3.63) is 28.8 Å². The number of anilines is 1. The van der Waals surface area contributed by atoms with Crippen molar-refractivity contribution in [3.8, 4) is 0 Å². The minimum absolute atomic E-state index is 0.236. The van der Waals surface area contributed by atoms with Gasteiger partial charge >= 0.3 is 0 Å². The summed E-state index contributed by atoms with van der Waals surface area (Å²) in [4.78, 5) is 12.1. The van der Waals surface area contributed by atoms with Crippen LogP contribution in [-0.2, 0) is 11.2 Å². The third-order valence-corrected chi connectivity index (χ3v) is 4.14. The Bertz CT molecular complexity index is 767. The van der Waals surface area contributed by atoms with Crippen LogP contribution in [0.4, 0.5) is 5.95 Å². The minimum Gasteiger partial charge on any atom is -0.356 e. The number of nitrogens with zero attached hydrogens (tertiary/aromatic N) is 2. The molecule has 134 valence electrons. The van der Waals surface area contributed by atoms with E-state index in [4.69, 9.17) is 21.7 Å². The zero-order chi connectivity index (χ0) is 17.6. The summed E-state index contributed by atoms with van der Waals surface area (Å²) in [5, 5.41) is 18.2. The Morgan fingerprint density at radius 2 is 2.40 bits per heavy atom. The molecular formula is C16H22ClN7O. The molecule has 3 rings (SSSR count). The van der Waals surface area contributed by atoms with Gasteiger partial charge in [-0.2, -0.15) is 4.98 Å². The number of halogens is 1. The highest BCUT2D eigenvalue weighted by atomic mass is 35.5. The van der Waals surface area contributed by atoms with Crippen molar-refractivity contribution in [2.45, 2.75) is 26.0 Å². The van der Waals surface area contributed by atoms with Crippen LogP contribution >= 0.6 is 11.6 Å². The van der Waals surface area contributed by atoms with Gasteiger partial charge in [0.2, 0.25) is 5.95 Å². The smallest absolute Gasteiger partial charge is 0.229 e. The summed E-state index contributed by atoms with van der Waals surface area (Å²) in [5.74, 6) is 0.402. The molecule has 1 aliphatic heterocycles. The Morgan fingerprint density at radius 1 is 1.52 bits per heavy atom. The van der Waals surface area contributed by atoms with Crippen LogP contribution in [0.25, 0.3) is 11.0 Å². The number of H-pyrrole nitrogens is 1. The molecule has 1 fully saturated rings. The van der Waals surface area contributed by atoms with Crippen molar-refractivity contribution in [2.24, 2.45) is 0 Å². The van der Waals surface area contributed by atoms with E-state index in [0.29, 0.717) is 24.8 Å². The molecule has 8 nitrogen and oxygen atoms in total. The normalized spacial score (nSPS) is 18.7. The molecule has 9 heteroatoms. The first-order valence-corrected chi connectivity index (χ1v) is 8.69. The number of hydrogen-bond acceptors (Lipinski definition) is 7.